The van der Waals surface area contributed by atoms with Crippen LogP contribution in [-0.2, 0) is 13.1 Å². The Morgan fingerprint density at radius 2 is 1.02 bits per heavy atom. The van der Waals surface area contributed by atoms with E-state index >= 15 is 0 Å². The highest BCUT2D eigenvalue weighted by atomic mass is 35.5. The lowest BCUT2D eigenvalue weighted by atomic mass is 9.84. The van der Waals surface area contributed by atoms with Crippen LogP contribution in [0.1, 0.15) is 39.1 Å². The summed E-state index contributed by atoms with van der Waals surface area (Å²) in [5.74, 6) is 1.31. The molecule has 6 rings (SSSR count). The van der Waals surface area contributed by atoms with Crippen LogP contribution in [0.2, 0.25) is 10.0 Å². The predicted molar refractivity (Wildman–Crippen MR) is 187 cm³/mol. The Hall–Kier alpha value is -3.38. The van der Waals surface area contributed by atoms with Gasteiger partial charge in [0.2, 0.25) is 11.8 Å². The minimum absolute atomic E-state index is 0.223. The first kappa shape index (κ1) is 34.5. The Labute approximate surface area is 291 Å². The van der Waals surface area contributed by atoms with Crippen LogP contribution >= 0.6 is 23.2 Å². The summed E-state index contributed by atoms with van der Waals surface area (Å²) in [5.41, 5.74) is 4.06. The highest BCUT2D eigenvalue weighted by Crippen LogP contribution is 2.42. The number of hydrogen-bond donors (Lipinski definition) is 2. The lowest BCUT2D eigenvalue weighted by Crippen LogP contribution is -2.55. The molecule has 0 amide bonds. The molecule has 2 aliphatic heterocycles. The fourth-order valence-corrected chi connectivity index (χ4v) is 6.84. The lowest BCUT2D eigenvalue weighted by molar-refractivity contribution is -0.0655. The van der Waals surface area contributed by atoms with Gasteiger partial charge in [-0.1, -0.05) is 59.6 Å². The van der Waals surface area contributed by atoms with E-state index in [9.17, 15) is 10.2 Å². The summed E-state index contributed by atoms with van der Waals surface area (Å²) in [7, 11) is 3.16. The Morgan fingerprint density at radius 3 is 1.35 bits per heavy atom. The molecule has 4 heterocycles. The van der Waals surface area contributed by atoms with Crippen molar-refractivity contribution in [3.8, 4) is 45.4 Å². The number of nitrogens with zero attached hydrogens (tertiary/aromatic N) is 6. The van der Waals surface area contributed by atoms with E-state index in [0.717, 1.165) is 48.7 Å². The van der Waals surface area contributed by atoms with Crippen LogP contribution in [0, 0.1) is 11.8 Å². The van der Waals surface area contributed by atoms with E-state index in [-0.39, 0.29) is 11.8 Å². The number of rotatable bonds is 11. The average molecular weight is 694 g/mol. The molecule has 2 fully saturated rings. The van der Waals surface area contributed by atoms with Crippen LogP contribution in [0.25, 0.3) is 33.6 Å². The minimum atomic E-state index is -0.705. The van der Waals surface area contributed by atoms with E-state index in [1.807, 2.05) is 64.1 Å². The summed E-state index contributed by atoms with van der Waals surface area (Å²) < 4.78 is 11.3. The quantitative estimate of drug-likeness (QED) is 0.194. The Balaban J connectivity index is 1.23. The molecular weight excluding hydrogens is 651 g/mol. The monoisotopic (exact) mass is 692 g/mol. The number of aliphatic hydroxyl groups is 2. The summed E-state index contributed by atoms with van der Waals surface area (Å²) in [6.07, 6.45) is 3.42. The first-order chi connectivity index (χ1) is 22.8. The molecule has 48 heavy (non-hydrogen) atoms. The Kier molecular flexibility index (Phi) is 9.70. The van der Waals surface area contributed by atoms with Crippen molar-refractivity contribution in [2.24, 2.45) is 11.8 Å². The minimum Gasteiger partial charge on any atom is -0.480 e. The van der Waals surface area contributed by atoms with Gasteiger partial charge in [0, 0.05) is 73.4 Å². The summed E-state index contributed by atoms with van der Waals surface area (Å²) in [5, 5.41) is 21.5. The molecule has 0 spiro atoms. The molecule has 254 valence electrons. The maximum absolute atomic E-state index is 10.3. The van der Waals surface area contributed by atoms with Gasteiger partial charge in [-0.25, -0.2) is 9.97 Å². The third kappa shape index (κ3) is 7.01. The molecule has 0 atom stereocenters. The van der Waals surface area contributed by atoms with Crippen molar-refractivity contribution in [3.63, 3.8) is 0 Å². The van der Waals surface area contributed by atoms with Crippen LogP contribution in [0.15, 0.2) is 48.8 Å². The van der Waals surface area contributed by atoms with Crippen LogP contribution in [-0.4, -0.2) is 91.5 Å². The third-order valence-corrected chi connectivity index (χ3v) is 10.3. The molecule has 0 unspecified atom stereocenters. The predicted octanol–water partition coefficient (Wildman–Crippen LogP) is 6.00. The molecule has 2 aliphatic rings. The second-order valence-corrected chi connectivity index (χ2v) is 14.6. The van der Waals surface area contributed by atoms with Crippen LogP contribution < -0.4 is 9.47 Å². The lowest BCUT2D eigenvalue weighted by Gasteiger charge is -2.45. The van der Waals surface area contributed by atoms with Crippen molar-refractivity contribution in [2.75, 3.05) is 40.4 Å². The number of ether oxygens (including phenoxy) is 2. The topological polar surface area (TPSA) is 117 Å². The Morgan fingerprint density at radius 1 is 0.667 bits per heavy atom. The van der Waals surface area contributed by atoms with Crippen molar-refractivity contribution >= 4 is 23.2 Å². The summed E-state index contributed by atoms with van der Waals surface area (Å²) in [6.45, 7) is 11.7. The van der Waals surface area contributed by atoms with Gasteiger partial charge in [-0.2, -0.15) is 0 Å². The maximum atomic E-state index is 10.3. The highest BCUT2D eigenvalue weighted by molar-refractivity contribution is 6.39. The van der Waals surface area contributed by atoms with Gasteiger partial charge in [-0.15, -0.1) is 0 Å². The van der Waals surface area contributed by atoms with Crippen molar-refractivity contribution in [1.29, 1.82) is 0 Å². The molecule has 2 aromatic heterocycles. The van der Waals surface area contributed by atoms with Gasteiger partial charge < -0.3 is 19.7 Å². The summed E-state index contributed by atoms with van der Waals surface area (Å²) in [4.78, 5) is 23.4. The second kappa shape index (κ2) is 13.5. The first-order valence-electron chi connectivity index (χ1n) is 16.0. The molecule has 4 aromatic rings. The molecule has 12 heteroatoms. The smallest absolute Gasteiger partial charge is 0.237 e. The van der Waals surface area contributed by atoms with E-state index in [1.165, 1.54) is 0 Å². The van der Waals surface area contributed by atoms with Gasteiger partial charge in [0.15, 0.2) is 0 Å². The molecule has 10 nitrogen and oxygen atoms in total. The van der Waals surface area contributed by atoms with Gasteiger partial charge >= 0.3 is 0 Å². The fourth-order valence-electron chi connectivity index (χ4n) is 6.19. The van der Waals surface area contributed by atoms with Crippen LogP contribution in [0.5, 0.6) is 11.8 Å². The molecule has 2 saturated heterocycles. The molecule has 0 radical (unpaired) electrons. The zero-order valence-corrected chi connectivity index (χ0v) is 29.7. The van der Waals surface area contributed by atoms with E-state index < -0.39 is 11.2 Å². The fraction of sp³-hybridized carbons (Fsp3) is 0.444. The van der Waals surface area contributed by atoms with E-state index in [1.54, 1.807) is 26.6 Å². The zero-order valence-electron chi connectivity index (χ0n) is 28.2. The van der Waals surface area contributed by atoms with Crippen molar-refractivity contribution in [2.45, 2.75) is 52.0 Å². The number of methoxy groups -OCH3 is 2. The first-order valence-corrected chi connectivity index (χ1v) is 16.8. The largest absolute Gasteiger partial charge is 0.480 e. The van der Waals surface area contributed by atoms with Crippen molar-refractivity contribution in [3.05, 3.63) is 70.2 Å². The SMILES string of the molecule is COc1nc(-c2cccc(-c3cccc(-c4cnc(CN5CC(C(C)(C)O)C5)c(OC)n4)c3Cl)c2Cl)cnc1CN1CC(C(C)(C)O)C1. The molecule has 2 N–H and O–H groups in total. The van der Waals surface area contributed by atoms with Crippen molar-refractivity contribution in [1.82, 2.24) is 29.7 Å². The Bertz CT molecular complexity index is 1670. The van der Waals surface area contributed by atoms with Gasteiger partial charge in [0.1, 0.15) is 11.4 Å². The standard InChI is InChI=1S/C36H42Cl2N6O4/c1-35(2,45)21-15-43(16-21)19-29-33(47-5)41-27(13-39-29)25-11-7-9-23(31(25)37)24-10-8-12-26(32(24)38)28-14-40-30(34(42-28)48-6)20-44-17-22(18-44)36(3,4)46/h7-14,21-22,45-46H,15-20H2,1-6H3. The van der Waals surface area contributed by atoms with Gasteiger partial charge in [-0.05, 0) is 27.7 Å². The molecule has 0 aliphatic carbocycles. The van der Waals surface area contributed by atoms with E-state index in [4.69, 9.17) is 52.6 Å². The highest BCUT2D eigenvalue weighted by Gasteiger charge is 2.39. The number of halogens is 2. The number of benzene rings is 2. The van der Waals surface area contributed by atoms with Gasteiger partial charge in [0.05, 0.1) is 59.2 Å². The van der Waals surface area contributed by atoms with Gasteiger partial charge in [-0.3, -0.25) is 19.8 Å². The van der Waals surface area contributed by atoms with E-state index in [2.05, 4.69) is 9.80 Å². The normalized spacial score (nSPS) is 16.5. The van der Waals surface area contributed by atoms with Crippen molar-refractivity contribution < 1.29 is 19.7 Å². The van der Waals surface area contributed by atoms with Gasteiger partial charge in [0.25, 0.3) is 0 Å². The van der Waals surface area contributed by atoms with Crippen LogP contribution in [0.4, 0.5) is 0 Å². The third-order valence-electron chi connectivity index (χ3n) is 9.51. The summed E-state index contributed by atoms with van der Waals surface area (Å²) >= 11 is 14.1. The van der Waals surface area contributed by atoms with E-state index in [0.29, 0.717) is 57.4 Å². The molecule has 0 bridgehead atoms. The zero-order chi connectivity index (χ0) is 34.4. The second-order valence-electron chi connectivity index (χ2n) is 13.8. The molecule has 2 aromatic carbocycles. The number of hydrogen-bond acceptors (Lipinski definition) is 10. The number of likely N-dealkylation sites (tertiary alicyclic amines) is 2. The maximum Gasteiger partial charge on any atom is 0.237 e. The number of aromatic nitrogens is 4. The average Bonchev–Trinajstić information content (AvgIpc) is 2.99. The molecule has 0 saturated carbocycles. The summed E-state index contributed by atoms with van der Waals surface area (Å²) in [6, 6.07) is 11.5. The van der Waals surface area contributed by atoms with Crippen LogP contribution in [0.3, 0.4) is 0 Å². The molecular formula is C36H42Cl2N6O4.